The van der Waals surface area contributed by atoms with E-state index >= 15 is 0 Å². The second-order valence-electron chi connectivity index (χ2n) is 2.38. The molecule has 1 saturated heterocycles. The molecule has 2 nitrogen and oxygen atoms in total. The molecule has 1 aliphatic heterocycles. The summed E-state index contributed by atoms with van der Waals surface area (Å²) in [7, 11) is 0. The third-order valence-electron chi connectivity index (χ3n) is 1.68. The predicted molar refractivity (Wildman–Crippen MR) is 44.6 cm³/mol. The molecule has 1 N–H and O–H groups in total. The summed E-state index contributed by atoms with van der Waals surface area (Å²) in [5.41, 5.74) is 0. The summed E-state index contributed by atoms with van der Waals surface area (Å²) < 4.78 is 0.538. The number of hydrogen-bond acceptors (Lipinski definition) is 1. The van der Waals surface area contributed by atoms with Crippen LogP contribution in [-0.4, -0.2) is 16.4 Å². The molecule has 1 fully saturated rings. The van der Waals surface area contributed by atoms with E-state index in [9.17, 15) is 4.79 Å². The average Bonchev–Trinajstić information content (AvgIpc) is 1.83. The maximum Gasteiger partial charge on any atom is 0.223 e. The van der Waals surface area contributed by atoms with Gasteiger partial charge in [0.1, 0.15) is 0 Å². The Morgan fingerprint density at radius 3 is 2.89 bits per heavy atom. The van der Waals surface area contributed by atoms with Crippen molar-refractivity contribution >= 4 is 28.5 Å². The summed E-state index contributed by atoms with van der Waals surface area (Å²) in [4.78, 5) is 10.9. The van der Waals surface area contributed by atoms with Crippen LogP contribution in [0.15, 0.2) is 0 Å². The Hall–Kier alpha value is 0.200. The van der Waals surface area contributed by atoms with Gasteiger partial charge in [-0.05, 0) is 6.42 Å². The van der Waals surface area contributed by atoms with Crippen molar-refractivity contribution in [1.29, 1.82) is 0 Å². The average molecular weight is 239 g/mol. The predicted octanol–water partition coefficient (Wildman–Crippen LogP) is 0.946. The molecule has 1 aliphatic rings. The molecule has 1 amide bonds. The van der Waals surface area contributed by atoms with E-state index in [4.69, 9.17) is 0 Å². The molecule has 1 heterocycles. The van der Waals surface area contributed by atoms with E-state index in [2.05, 4.69) is 27.9 Å². The van der Waals surface area contributed by atoms with Crippen molar-refractivity contribution in [2.75, 3.05) is 6.54 Å². The number of amides is 1. The maximum absolute atomic E-state index is 10.9. The van der Waals surface area contributed by atoms with Gasteiger partial charge in [0, 0.05) is 16.4 Å². The molecule has 0 saturated carbocycles. The molecule has 3 heteroatoms. The number of nitrogens with one attached hydrogen (secondary N) is 1. The third-order valence-corrected chi connectivity index (χ3v) is 3.38. The molecule has 2 unspecified atom stereocenters. The molecule has 0 aliphatic carbocycles. The molecular weight excluding hydrogens is 229 g/mol. The fourth-order valence-electron chi connectivity index (χ4n) is 0.908. The van der Waals surface area contributed by atoms with E-state index in [-0.39, 0.29) is 11.8 Å². The standard InChI is InChI=1S/C6H10INO/c1-4-5(7)2-3-8-6(4)9/h4-5H,2-3H2,1H3,(H,8,9). The van der Waals surface area contributed by atoms with Gasteiger partial charge in [-0.15, -0.1) is 0 Å². The molecule has 0 aromatic rings. The number of carbonyl (C=O) groups is 1. The highest BCUT2D eigenvalue weighted by atomic mass is 127. The molecule has 0 aromatic carbocycles. The number of piperidine rings is 1. The lowest BCUT2D eigenvalue weighted by Gasteiger charge is -2.23. The first-order valence-corrected chi connectivity index (χ1v) is 4.38. The second-order valence-corrected chi connectivity index (χ2v) is 3.98. The van der Waals surface area contributed by atoms with Gasteiger partial charge in [-0.1, -0.05) is 29.5 Å². The quantitative estimate of drug-likeness (QED) is 0.494. The van der Waals surface area contributed by atoms with Crippen LogP contribution in [0.25, 0.3) is 0 Å². The zero-order chi connectivity index (χ0) is 6.85. The zero-order valence-electron chi connectivity index (χ0n) is 5.36. The van der Waals surface area contributed by atoms with Crippen LogP contribution >= 0.6 is 22.6 Å². The van der Waals surface area contributed by atoms with Crippen molar-refractivity contribution < 1.29 is 4.79 Å². The first kappa shape index (κ1) is 7.31. The van der Waals surface area contributed by atoms with Gasteiger partial charge in [-0.25, -0.2) is 0 Å². The van der Waals surface area contributed by atoms with Gasteiger partial charge < -0.3 is 5.32 Å². The first-order valence-electron chi connectivity index (χ1n) is 3.13. The van der Waals surface area contributed by atoms with Gasteiger partial charge in [0.25, 0.3) is 0 Å². The van der Waals surface area contributed by atoms with Gasteiger partial charge in [0.05, 0.1) is 0 Å². The van der Waals surface area contributed by atoms with Crippen LogP contribution in [0.1, 0.15) is 13.3 Å². The lowest BCUT2D eigenvalue weighted by atomic mass is 10.0. The summed E-state index contributed by atoms with van der Waals surface area (Å²) in [6, 6.07) is 0. The van der Waals surface area contributed by atoms with Crippen LogP contribution in [0.2, 0.25) is 0 Å². The van der Waals surface area contributed by atoms with Crippen LogP contribution in [0.4, 0.5) is 0 Å². The van der Waals surface area contributed by atoms with Crippen molar-refractivity contribution in [3.63, 3.8) is 0 Å². The summed E-state index contributed by atoms with van der Waals surface area (Å²) in [5.74, 6) is 0.417. The fourth-order valence-corrected chi connectivity index (χ4v) is 1.55. The van der Waals surface area contributed by atoms with E-state index < -0.39 is 0 Å². The van der Waals surface area contributed by atoms with Crippen molar-refractivity contribution in [2.24, 2.45) is 5.92 Å². The van der Waals surface area contributed by atoms with Crippen LogP contribution in [0.5, 0.6) is 0 Å². The van der Waals surface area contributed by atoms with Gasteiger partial charge in [-0.3, -0.25) is 4.79 Å². The van der Waals surface area contributed by atoms with Crippen LogP contribution in [0.3, 0.4) is 0 Å². The van der Waals surface area contributed by atoms with Crippen LogP contribution in [0, 0.1) is 5.92 Å². The molecular formula is C6H10INO. The molecule has 0 spiro atoms. The van der Waals surface area contributed by atoms with Crippen molar-refractivity contribution in [2.45, 2.75) is 17.3 Å². The Morgan fingerprint density at radius 1 is 1.78 bits per heavy atom. The summed E-state index contributed by atoms with van der Waals surface area (Å²) in [5, 5.41) is 2.82. The van der Waals surface area contributed by atoms with E-state index in [1.54, 1.807) is 0 Å². The second kappa shape index (κ2) is 2.86. The Kier molecular flexibility index (Phi) is 2.32. The number of rotatable bonds is 0. The Labute approximate surface area is 68.5 Å². The minimum absolute atomic E-state index is 0.208. The summed E-state index contributed by atoms with van der Waals surface area (Å²) in [6.07, 6.45) is 1.12. The Balaban J connectivity index is 2.51. The zero-order valence-corrected chi connectivity index (χ0v) is 7.51. The highest BCUT2D eigenvalue weighted by Crippen LogP contribution is 2.19. The number of hydrogen-bond donors (Lipinski definition) is 1. The molecule has 2 atom stereocenters. The molecule has 0 aromatic heterocycles. The molecule has 52 valence electrons. The first-order chi connectivity index (χ1) is 4.22. The minimum Gasteiger partial charge on any atom is -0.356 e. The van der Waals surface area contributed by atoms with Gasteiger partial charge >= 0.3 is 0 Å². The van der Waals surface area contributed by atoms with Crippen molar-refractivity contribution in [3.05, 3.63) is 0 Å². The van der Waals surface area contributed by atoms with E-state index in [1.807, 2.05) is 6.92 Å². The van der Waals surface area contributed by atoms with E-state index in [0.717, 1.165) is 13.0 Å². The molecule has 9 heavy (non-hydrogen) atoms. The van der Waals surface area contributed by atoms with E-state index in [0.29, 0.717) is 3.92 Å². The number of halogens is 1. The smallest absolute Gasteiger partial charge is 0.223 e. The Bertz CT molecular complexity index is 126. The monoisotopic (exact) mass is 239 g/mol. The number of alkyl halides is 1. The summed E-state index contributed by atoms with van der Waals surface area (Å²) >= 11 is 2.34. The van der Waals surface area contributed by atoms with Crippen LogP contribution < -0.4 is 5.32 Å². The highest BCUT2D eigenvalue weighted by molar-refractivity contribution is 14.1. The largest absolute Gasteiger partial charge is 0.356 e. The van der Waals surface area contributed by atoms with Crippen LogP contribution in [-0.2, 0) is 4.79 Å². The lowest BCUT2D eigenvalue weighted by molar-refractivity contribution is -0.125. The topological polar surface area (TPSA) is 29.1 Å². The SMILES string of the molecule is CC1C(=O)NCCC1I. The molecule has 0 radical (unpaired) electrons. The third kappa shape index (κ3) is 1.56. The minimum atomic E-state index is 0.208. The molecule has 1 rings (SSSR count). The summed E-state index contributed by atoms with van der Waals surface area (Å²) in [6.45, 7) is 2.84. The lowest BCUT2D eigenvalue weighted by Crippen LogP contribution is -2.40. The van der Waals surface area contributed by atoms with Crippen molar-refractivity contribution in [1.82, 2.24) is 5.32 Å². The van der Waals surface area contributed by atoms with Gasteiger partial charge in [0.2, 0.25) is 5.91 Å². The highest BCUT2D eigenvalue weighted by Gasteiger charge is 2.24. The number of carbonyl (C=O) groups excluding carboxylic acids is 1. The molecule has 0 bridgehead atoms. The normalized spacial score (nSPS) is 36.0. The fraction of sp³-hybridized carbons (Fsp3) is 0.833. The van der Waals surface area contributed by atoms with Gasteiger partial charge in [0.15, 0.2) is 0 Å². The van der Waals surface area contributed by atoms with Gasteiger partial charge in [-0.2, -0.15) is 0 Å². The maximum atomic E-state index is 10.9. The van der Waals surface area contributed by atoms with Crippen molar-refractivity contribution in [3.8, 4) is 0 Å². The Morgan fingerprint density at radius 2 is 2.44 bits per heavy atom. The van der Waals surface area contributed by atoms with E-state index in [1.165, 1.54) is 0 Å².